The summed E-state index contributed by atoms with van der Waals surface area (Å²) in [6.45, 7) is 4.18. The highest BCUT2D eigenvalue weighted by atomic mass is 32.2. The van der Waals surface area contributed by atoms with Crippen LogP contribution in [0.2, 0.25) is 0 Å². The summed E-state index contributed by atoms with van der Waals surface area (Å²) in [4.78, 5) is 12.3. The minimum absolute atomic E-state index is 0.0829. The van der Waals surface area contributed by atoms with Crippen LogP contribution in [0, 0.1) is 18.8 Å². The number of benzene rings is 3. The van der Waals surface area contributed by atoms with Gasteiger partial charge in [0.05, 0.1) is 26.2 Å². The Morgan fingerprint density at radius 2 is 1.56 bits per heavy atom. The Morgan fingerprint density at radius 3 is 2.14 bits per heavy atom. The molecule has 2 N–H and O–H groups in total. The number of carboxylic acid groups (broad SMARTS) is 1. The van der Waals surface area contributed by atoms with E-state index in [4.69, 9.17) is 18.9 Å². The predicted octanol–water partition coefficient (Wildman–Crippen LogP) is 4.40. The number of hydrogen-bond donors (Lipinski definition) is 2. The molecule has 226 valence electrons. The minimum atomic E-state index is -4.18. The SMILES string of the molecule is CC#CCOc1ccc(S(=O)(=O)N[C@@H](Cc2c(C)n(Cc3cc(OC)cc(OC)c3)c3ccc(OC)cc23)C(=O)O)cc1. The van der Waals surface area contributed by atoms with Gasteiger partial charge in [-0.05, 0) is 79.6 Å². The van der Waals surface area contributed by atoms with Gasteiger partial charge >= 0.3 is 5.97 Å². The van der Waals surface area contributed by atoms with Crippen molar-refractivity contribution in [3.63, 3.8) is 0 Å². The first-order valence-corrected chi connectivity index (χ1v) is 14.8. The smallest absolute Gasteiger partial charge is 0.322 e. The number of aromatic nitrogens is 1. The Morgan fingerprint density at radius 1 is 0.930 bits per heavy atom. The number of ether oxygens (including phenoxy) is 4. The molecule has 0 saturated heterocycles. The number of aliphatic carboxylic acids is 1. The summed E-state index contributed by atoms with van der Waals surface area (Å²) in [5, 5.41) is 10.9. The van der Waals surface area contributed by atoms with E-state index in [2.05, 4.69) is 16.6 Å². The van der Waals surface area contributed by atoms with Crippen molar-refractivity contribution in [2.24, 2.45) is 0 Å². The molecule has 0 fully saturated rings. The molecule has 0 radical (unpaired) electrons. The third kappa shape index (κ3) is 7.23. The van der Waals surface area contributed by atoms with Crippen LogP contribution < -0.4 is 23.7 Å². The van der Waals surface area contributed by atoms with E-state index in [0.717, 1.165) is 22.2 Å². The lowest BCUT2D eigenvalue weighted by atomic mass is 10.0. The van der Waals surface area contributed by atoms with Crippen LogP contribution in [-0.4, -0.2) is 58.0 Å². The van der Waals surface area contributed by atoms with E-state index in [0.29, 0.717) is 35.1 Å². The average Bonchev–Trinajstić information content (AvgIpc) is 3.25. The first-order chi connectivity index (χ1) is 20.6. The Labute approximate surface area is 251 Å². The standard InChI is InChI=1S/C32H34N2O8S/c1-6-7-14-42-23-8-11-27(12-9-23)43(37,38)33-30(32(35)36)19-28-21(2)34(31-13-10-24(39-3)18-29(28)31)20-22-15-25(40-4)17-26(16-22)41-5/h8-13,15-18,30,33H,14,19-20H2,1-5H3,(H,35,36)/t30-/m0/s1. The van der Waals surface area contributed by atoms with Crippen molar-refractivity contribution < 1.29 is 37.3 Å². The molecule has 0 bridgehead atoms. The van der Waals surface area contributed by atoms with Gasteiger partial charge in [-0.15, -0.1) is 5.92 Å². The van der Waals surface area contributed by atoms with E-state index in [9.17, 15) is 18.3 Å². The Bertz CT molecular complexity index is 1760. The molecule has 4 aromatic rings. The van der Waals surface area contributed by atoms with Crippen molar-refractivity contribution in [3.05, 3.63) is 77.5 Å². The van der Waals surface area contributed by atoms with E-state index in [1.54, 1.807) is 34.3 Å². The van der Waals surface area contributed by atoms with Crippen molar-refractivity contribution in [1.29, 1.82) is 0 Å². The summed E-state index contributed by atoms with van der Waals surface area (Å²) in [5.41, 5.74) is 3.21. The van der Waals surface area contributed by atoms with E-state index in [-0.39, 0.29) is 17.9 Å². The third-order valence-electron chi connectivity index (χ3n) is 7.04. The minimum Gasteiger partial charge on any atom is -0.497 e. The summed E-state index contributed by atoms with van der Waals surface area (Å²) in [6.07, 6.45) is -0.102. The molecule has 43 heavy (non-hydrogen) atoms. The number of methoxy groups -OCH3 is 3. The van der Waals surface area contributed by atoms with Gasteiger partial charge in [0.2, 0.25) is 10.0 Å². The van der Waals surface area contributed by atoms with Crippen molar-refractivity contribution in [3.8, 4) is 34.8 Å². The summed E-state index contributed by atoms with van der Waals surface area (Å²) in [7, 11) is 0.535. The number of hydrogen-bond acceptors (Lipinski definition) is 7. The molecular weight excluding hydrogens is 572 g/mol. The predicted molar refractivity (Wildman–Crippen MR) is 163 cm³/mol. The van der Waals surface area contributed by atoms with Crippen molar-refractivity contribution in [2.75, 3.05) is 27.9 Å². The number of carbonyl (C=O) groups is 1. The number of sulfonamides is 1. The molecule has 0 saturated carbocycles. The zero-order chi connectivity index (χ0) is 31.1. The number of fused-ring (bicyclic) bond motifs is 1. The molecule has 0 aliphatic rings. The first-order valence-electron chi connectivity index (χ1n) is 13.4. The lowest BCUT2D eigenvalue weighted by Crippen LogP contribution is -2.42. The maximum Gasteiger partial charge on any atom is 0.322 e. The van der Waals surface area contributed by atoms with Crippen molar-refractivity contribution in [2.45, 2.75) is 37.8 Å². The maximum atomic E-state index is 13.2. The topological polar surface area (TPSA) is 125 Å². The average molecular weight is 607 g/mol. The van der Waals surface area contributed by atoms with Crippen molar-refractivity contribution in [1.82, 2.24) is 9.29 Å². The number of rotatable bonds is 13. The van der Waals surface area contributed by atoms with Gasteiger partial charge in [-0.2, -0.15) is 4.72 Å². The largest absolute Gasteiger partial charge is 0.497 e. The molecule has 0 aliphatic heterocycles. The quantitative estimate of drug-likeness (QED) is 0.215. The number of nitrogens with one attached hydrogen (secondary N) is 1. The molecule has 0 unspecified atom stereocenters. The van der Waals surface area contributed by atoms with Crippen LogP contribution in [0.1, 0.15) is 23.7 Å². The number of nitrogens with zero attached hydrogens (tertiary/aromatic N) is 1. The van der Waals surface area contributed by atoms with Gasteiger partial charge in [-0.3, -0.25) is 4.79 Å². The van der Waals surface area contributed by atoms with Gasteiger partial charge in [-0.25, -0.2) is 8.42 Å². The number of carboxylic acids is 1. The molecule has 0 amide bonds. The molecule has 1 heterocycles. The van der Waals surface area contributed by atoms with Crippen LogP contribution >= 0.6 is 0 Å². The third-order valence-corrected chi connectivity index (χ3v) is 8.53. The van der Waals surface area contributed by atoms with Crippen LogP contribution in [0.25, 0.3) is 10.9 Å². The van der Waals surface area contributed by atoms with E-state index < -0.39 is 22.0 Å². The van der Waals surface area contributed by atoms with Gasteiger partial charge in [0.15, 0.2) is 0 Å². The van der Waals surface area contributed by atoms with Crippen molar-refractivity contribution >= 4 is 26.9 Å². The highest BCUT2D eigenvalue weighted by molar-refractivity contribution is 7.89. The first kappa shape index (κ1) is 31.3. The summed E-state index contributed by atoms with van der Waals surface area (Å²) in [5.74, 6) is 6.49. The fraction of sp³-hybridized carbons (Fsp3) is 0.281. The fourth-order valence-corrected chi connectivity index (χ4v) is 5.99. The molecule has 10 nitrogen and oxygen atoms in total. The Balaban J connectivity index is 1.69. The molecule has 0 aliphatic carbocycles. The second kappa shape index (κ2) is 13.5. The maximum absolute atomic E-state index is 13.2. The van der Waals surface area contributed by atoms with Gasteiger partial charge in [0, 0.05) is 35.6 Å². The highest BCUT2D eigenvalue weighted by Crippen LogP contribution is 2.32. The summed E-state index contributed by atoms with van der Waals surface area (Å²) in [6, 6.07) is 15.4. The van der Waals surface area contributed by atoms with Crippen LogP contribution in [0.4, 0.5) is 0 Å². The zero-order valence-electron chi connectivity index (χ0n) is 24.6. The van der Waals surface area contributed by atoms with Crippen LogP contribution in [0.15, 0.2) is 65.6 Å². The Hall–Kier alpha value is -4.66. The van der Waals surface area contributed by atoms with E-state index in [1.807, 2.05) is 41.8 Å². The second-order valence-corrected chi connectivity index (χ2v) is 11.4. The van der Waals surface area contributed by atoms with Gasteiger partial charge in [0.1, 0.15) is 35.6 Å². The van der Waals surface area contributed by atoms with E-state index >= 15 is 0 Å². The van der Waals surface area contributed by atoms with Crippen LogP contribution in [0.3, 0.4) is 0 Å². The normalized spacial score (nSPS) is 11.8. The summed E-state index contributed by atoms with van der Waals surface area (Å²) >= 11 is 0. The summed E-state index contributed by atoms with van der Waals surface area (Å²) < 4.78 is 52.7. The zero-order valence-corrected chi connectivity index (χ0v) is 25.4. The van der Waals surface area contributed by atoms with Gasteiger partial charge < -0.3 is 28.6 Å². The molecule has 11 heteroatoms. The molecule has 3 aromatic carbocycles. The van der Waals surface area contributed by atoms with Gasteiger partial charge in [0.25, 0.3) is 0 Å². The Kier molecular flexibility index (Phi) is 9.85. The molecule has 4 rings (SSSR count). The van der Waals surface area contributed by atoms with Crippen LogP contribution in [-0.2, 0) is 27.8 Å². The van der Waals surface area contributed by atoms with Gasteiger partial charge in [-0.1, -0.05) is 5.92 Å². The lowest BCUT2D eigenvalue weighted by molar-refractivity contribution is -0.138. The highest BCUT2D eigenvalue weighted by Gasteiger charge is 2.28. The molecule has 1 aromatic heterocycles. The second-order valence-electron chi connectivity index (χ2n) is 9.66. The van der Waals surface area contributed by atoms with Crippen LogP contribution in [0.5, 0.6) is 23.0 Å². The lowest BCUT2D eigenvalue weighted by Gasteiger charge is -2.16. The molecule has 0 spiro atoms. The fourth-order valence-electron chi connectivity index (χ4n) is 4.80. The molecular formula is C32H34N2O8S. The van der Waals surface area contributed by atoms with E-state index in [1.165, 1.54) is 24.3 Å². The monoisotopic (exact) mass is 606 g/mol. The molecule has 1 atom stereocenters.